The fraction of sp³-hybridized carbons (Fsp3) is 0.455. The van der Waals surface area contributed by atoms with Crippen molar-refractivity contribution >= 4 is 13.6 Å². The quantitative estimate of drug-likeness (QED) is 0.552. The van der Waals surface area contributed by atoms with Crippen LogP contribution in [-0.4, -0.2) is 18.6 Å². The topological polar surface area (TPSA) is 30.0 Å². The van der Waals surface area contributed by atoms with Gasteiger partial charge in [0, 0.05) is 14.5 Å². The van der Waals surface area contributed by atoms with Gasteiger partial charge in [0.25, 0.3) is 0 Å². The minimum Gasteiger partial charge on any atom is -0.293 e. The fourth-order valence-corrected chi connectivity index (χ4v) is 3.48. The van der Waals surface area contributed by atoms with E-state index in [2.05, 4.69) is 37.9 Å². The molecule has 0 fully saturated rings. The summed E-state index contributed by atoms with van der Waals surface area (Å²) in [5, 5.41) is 0. The first-order valence-electron chi connectivity index (χ1n) is 9.78. The Hall–Kier alpha value is -1.90. The SMILES string of the molecule is [2H]Cc1c(C)cc(CCc2cc(CC)cnc2C(C)=O)c(C[B])c1CC. The predicted molar refractivity (Wildman–Crippen MR) is 106 cm³/mol. The second kappa shape index (κ2) is 8.46. The molecule has 2 aromatic rings. The average molecular weight is 334 g/mol. The van der Waals surface area contributed by atoms with Gasteiger partial charge < -0.3 is 0 Å². The number of pyridine rings is 1. The van der Waals surface area contributed by atoms with Gasteiger partial charge >= 0.3 is 0 Å². The number of ketones is 1. The van der Waals surface area contributed by atoms with Crippen LogP contribution in [0.15, 0.2) is 18.3 Å². The summed E-state index contributed by atoms with van der Waals surface area (Å²) in [6, 6.07) is 4.29. The highest BCUT2D eigenvalue weighted by Gasteiger charge is 2.14. The van der Waals surface area contributed by atoms with Crippen molar-refractivity contribution < 1.29 is 6.17 Å². The van der Waals surface area contributed by atoms with Gasteiger partial charge in [0.1, 0.15) is 5.69 Å². The monoisotopic (exact) mass is 334 g/mol. The summed E-state index contributed by atoms with van der Waals surface area (Å²) in [6.45, 7) is 8.16. The molecule has 2 nitrogen and oxygen atoms in total. The van der Waals surface area contributed by atoms with E-state index in [4.69, 9.17) is 9.22 Å². The lowest BCUT2D eigenvalue weighted by molar-refractivity contribution is 0.101. The molecule has 0 amide bonds. The smallest absolute Gasteiger partial charge is 0.178 e. The van der Waals surface area contributed by atoms with E-state index >= 15 is 0 Å². The number of hydrogen-bond acceptors (Lipinski definition) is 2. The number of aromatic nitrogens is 1. The summed E-state index contributed by atoms with van der Waals surface area (Å²) in [5.41, 5.74) is 8.64. The number of nitrogens with zero attached hydrogens (tertiary/aromatic N) is 1. The Labute approximate surface area is 154 Å². The summed E-state index contributed by atoms with van der Waals surface area (Å²) in [6.07, 6.45) is 5.68. The van der Waals surface area contributed by atoms with Crippen molar-refractivity contribution in [2.75, 3.05) is 0 Å². The molecule has 0 saturated heterocycles. The van der Waals surface area contributed by atoms with Crippen LogP contribution in [0.5, 0.6) is 0 Å². The molecule has 25 heavy (non-hydrogen) atoms. The van der Waals surface area contributed by atoms with Crippen LogP contribution < -0.4 is 0 Å². The zero-order valence-corrected chi connectivity index (χ0v) is 15.9. The minimum atomic E-state index is 0.0108. The first kappa shape index (κ1) is 17.9. The van der Waals surface area contributed by atoms with Gasteiger partial charge in [-0.25, -0.2) is 0 Å². The van der Waals surface area contributed by atoms with E-state index in [1.165, 1.54) is 16.7 Å². The van der Waals surface area contributed by atoms with Crippen molar-refractivity contribution in [3.63, 3.8) is 0 Å². The van der Waals surface area contributed by atoms with Crippen LogP contribution in [0.2, 0.25) is 0 Å². The number of rotatable bonds is 7. The summed E-state index contributed by atoms with van der Waals surface area (Å²) >= 11 is 0. The van der Waals surface area contributed by atoms with Crippen molar-refractivity contribution in [2.45, 2.75) is 66.6 Å². The lowest BCUT2D eigenvalue weighted by Gasteiger charge is -2.18. The summed E-state index contributed by atoms with van der Waals surface area (Å²) in [7, 11) is 6.07. The highest BCUT2D eigenvalue weighted by atomic mass is 16.1. The van der Waals surface area contributed by atoms with Gasteiger partial charge in [-0.05, 0) is 78.5 Å². The average Bonchev–Trinajstić information content (AvgIpc) is 2.64. The minimum absolute atomic E-state index is 0.0108. The van der Waals surface area contributed by atoms with Gasteiger partial charge in [-0.1, -0.05) is 32.3 Å². The highest BCUT2D eigenvalue weighted by molar-refractivity contribution is 6.08. The molecule has 0 aliphatic rings. The van der Waals surface area contributed by atoms with Crippen molar-refractivity contribution in [1.29, 1.82) is 0 Å². The van der Waals surface area contributed by atoms with E-state index in [0.717, 1.165) is 47.9 Å². The molecule has 130 valence electrons. The molecule has 0 saturated carbocycles. The molecule has 0 aliphatic carbocycles. The van der Waals surface area contributed by atoms with Crippen molar-refractivity contribution in [3.05, 3.63) is 63.0 Å². The normalized spacial score (nSPS) is 11.4. The molecule has 0 unspecified atom stereocenters. The van der Waals surface area contributed by atoms with Crippen molar-refractivity contribution in [3.8, 4) is 0 Å². The van der Waals surface area contributed by atoms with E-state index < -0.39 is 0 Å². The van der Waals surface area contributed by atoms with Crippen LogP contribution >= 0.6 is 0 Å². The Morgan fingerprint density at radius 3 is 2.44 bits per heavy atom. The second-order valence-corrected chi connectivity index (χ2v) is 6.61. The van der Waals surface area contributed by atoms with Crippen LogP contribution in [-0.2, 0) is 32.0 Å². The Morgan fingerprint density at radius 2 is 1.88 bits per heavy atom. The number of Topliss-reactive ketones (excluding diaryl/α,β-unsaturated/α-hetero) is 1. The van der Waals surface area contributed by atoms with Crippen LogP contribution in [0.1, 0.15) is 71.6 Å². The second-order valence-electron chi connectivity index (χ2n) is 6.61. The molecule has 0 N–H and O–H groups in total. The van der Waals surface area contributed by atoms with E-state index in [1.54, 1.807) is 13.1 Å². The standard InChI is InChI=1S/C22H28BNO/c1-6-17-11-19(22(16(5)25)24-13-17)9-8-18-10-14(3)15(4)20(7-2)21(18)12-23/h10-11,13H,6-9,12H2,1-5H3/i4D. The van der Waals surface area contributed by atoms with Gasteiger partial charge in [-0.15, -0.1) is 0 Å². The Balaban J connectivity index is 2.41. The number of benzene rings is 1. The first-order valence-corrected chi connectivity index (χ1v) is 9.07. The van der Waals surface area contributed by atoms with Crippen LogP contribution in [0.3, 0.4) is 0 Å². The summed E-state index contributed by atoms with van der Waals surface area (Å²) in [5.74, 6) is 0.0108. The number of aryl methyl sites for hydroxylation is 4. The van der Waals surface area contributed by atoms with E-state index in [9.17, 15) is 4.79 Å². The highest BCUT2D eigenvalue weighted by Crippen LogP contribution is 2.25. The summed E-state index contributed by atoms with van der Waals surface area (Å²) in [4.78, 5) is 16.3. The van der Waals surface area contributed by atoms with Gasteiger partial charge in [-0.3, -0.25) is 9.78 Å². The third-order valence-corrected chi connectivity index (χ3v) is 4.97. The first-order chi connectivity index (χ1) is 12.5. The molecule has 0 bridgehead atoms. The lowest BCUT2D eigenvalue weighted by Crippen LogP contribution is -2.09. The van der Waals surface area contributed by atoms with E-state index in [0.29, 0.717) is 18.9 Å². The fourth-order valence-electron chi connectivity index (χ4n) is 3.48. The van der Waals surface area contributed by atoms with Crippen molar-refractivity contribution in [1.82, 2.24) is 4.98 Å². The van der Waals surface area contributed by atoms with Gasteiger partial charge in [0.15, 0.2) is 5.78 Å². The molecule has 0 atom stereocenters. The Bertz CT molecular complexity index is 801. The molecule has 0 spiro atoms. The third-order valence-electron chi connectivity index (χ3n) is 4.97. The summed E-state index contributed by atoms with van der Waals surface area (Å²) < 4.78 is 7.84. The van der Waals surface area contributed by atoms with Crippen molar-refractivity contribution in [2.24, 2.45) is 0 Å². The third kappa shape index (κ3) is 4.20. The maximum absolute atomic E-state index is 11.9. The van der Waals surface area contributed by atoms with Gasteiger partial charge in [0.05, 0.1) is 7.85 Å². The number of hydrogen-bond donors (Lipinski definition) is 0. The van der Waals surface area contributed by atoms with Gasteiger partial charge in [-0.2, -0.15) is 0 Å². The number of carbonyl (C=O) groups is 1. The Kier molecular flexibility index (Phi) is 6.07. The molecule has 1 aromatic heterocycles. The largest absolute Gasteiger partial charge is 0.293 e. The maximum Gasteiger partial charge on any atom is 0.178 e. The molecule has 2 radical (unpaired) electrons. The van der Waals surface area contributed by atoms with Crippen LogP contribution in [0, 0.1) is 13.8 Å². The molecule has 1 heterocycles. The number of carbonyl (C=O) groups excluding carboxylic acids is 1. The molecule has 3 heteroatoms. The lowest BCUT2D eigenvalue weighted by atomic mass is 9.82. The zero-order valence-electron chi connectivity index (χ0n) is 16.9. The molecule has 2 rings (SSSR count). The zero-order chi connectivity index (χ0) is 19.3. The molecular formula is C22H28BNO. The molecule has 0 aliphatic heterocycles. The maximum atomic E-state index is 11.9. The van der Waals surface area contributed by atoms with E-state index in [-0.39, 0.29) is 5.78 Å². The van der Waals surface area contributed by atoms with Crippen LogP contribution in [0.4, 0.5) is 0 Å². The molecular weight excluding hydrogens is 305 g/mol. The predicted octanol–water partition coefficient (Wildman–Crippen LogP) is 4.48. The van der Waals surface area contributed by atoms with E-state index in [1.807, 2.05) is 0 Å². The molecule has 1 aromatic carbocycles. The Morgan fingerprint density at radius 1 is 1.16 bits per heavy atom. The van der Waals surface area contributed by atoms with Crippen LogP contribution in [0.25, 0.3) is 0 Å². The van der Waals surface area contributed by atoms with Gasteiger partial charge in [0.2, 0.25) is 0 Å².